The second kappa shape index (κ2) is 6.64. The lowest BCUT2D eigenvalue weighted by Crippen LogP contribution is -2.52. The highest BCUT2D eigenvalue weighted by Gasteiger charge is 2.27. The normalized spacial score (nSPS) is 20.9. The van der Waals surface area contributed by atoms with Gasteiger partial charge in [-0.2, -0.15) is 5.26 Å². The molecular weight excluding hydrogens is 276 g/mol. The maximum Gasteiger partial charge on any atom is 0.147 e. The summed E-state index contributed by atoms with van der Waals surface area (Å²) in [6.07, 6.45) is 2.29. The van der Waals surface area contributed by atoms with Gasteiger partial charge in [-0.05, 0) is 38.3 Å². The Morgan fingerprint density at radius 2 is 1.86 bits per heavy atom. The average molecular weight is 300 g/mol. The van der Waals surface area contributed by atoms with Gasteiger partial charge in [0.25, 0.3) is 0 Å². The number of nitriles is 1. The van der Waals surface area contributed by atoms with Gasteiger partial charge in [0.1, 0.15) is 11.9 Å². The Morgan fingerprint density at radius 3 is 2.50 bits per heavy atom. The average Bonchev–Trinajstić information content (AvgIpc) is 2.55. The van der Waals surface area contributed by atoms with Crippen molar-refractivity contribution in [2.24, 2.45) is 0 Å². The van der Waals surface area contributed by atoms with E-state index in [2.05, 4.69) is 20.9 Å². The lowest BCUT2D eigenvalue weighted by atomic mass is 10.1. The molecule has 0 amide bonds. The predicted octanol–water partition coefficient (Wildman–Crippen LogP) is 1.87. The van der Waals surface area contributed by atoms with Crippen LogP contribution in [0, 0.1) is 25.2 Å². The number of pyridine rings is 1. The second-order valence-electron chi connectivity index (χ2n) is 6.26. The molecule has 0 radical (unpaired) electrons. The Bertz CT molecular complexity index is 567. The van der Waals surface area contributed by atoms with Crippen molar-refractivity contribution in [1.29, 1.82) is 5.26 Å². The van der Waals surface area contributed by atoms with Crippen molar-refractivity contribution in [2.75, 3.05) is 44.3 Å². The molecule has 0 atom stereocenters. The first-order chi connectivity index (χ1) is 10.7. The van der Waals surface area contributed by atoms with Gasteiger partial charge in [-0.15, -0.1) is 0 Å². The van der Waals surface area contributed by atoms with Gasteiger partial charge >= 0.3 is 0 Å². The molecule has 2 aliphatic heterocycles. The standard InChI is InChI=1S/C17H24N4O/c1-13-11-14(2)19-17(16(13)12-18)21-7-5-20(6-8-21)15-3-9-22-10-4-15/h11,15H,3-10H2,1-2H3. The van der Waals surface area contributed by atoms with Gasteiger partial charge in [-0.1, -0.05) is 0 Å². The van der Waals surface area contributed by atoms with Crippen LogP contribution in [0.4, 0.5) is 5.82 Å². The third-order valence-corrected chi connectivity index (χ3v) is 4.76. The number of piperazine rings is 1. The molecule has 2 aliphatic rings. The van der Waals surface area contributed by atoms with E-state index >= 15 is 0 Å². The first-order valence-electron chi connectivity index (χ1n) is 8.14. The maximum absolute atomic E-state index is 9.44. The monoisotopic (exact) mass is 300 g/mol. The Morgan fingerprint density at radius 1 is 1.18 bits per heavy atom. The molecule has 1 aromatic rings. The zero-order chi connectivity index (χ0) is 15.5. The van der Waals surface area contributed by atoms with Crippen molar-refractivity contribution in [1.82, 2.24) is 9.88 Å². The minimum Gasteiger partial charge on any atom is -0.381 e. The van der Waals surface area contributed by atoms with E-state index in [0.29, 0.717) is 6.04 Å². The molecule has 3 heterocycles. The quantitative estimate of drug-likeness (QED) is 0.834. The minimum atomic E-state index is 0.665. The number of rotatable bonds is 2. The number of anilines is 1. The molecule has 118 valence electrons. The molecule has 1 aromatic heterocycles. The third-order valence-electron chi connectivity index (χ3n) is 4.76. The summed E-state index contributed by atoms with van der Waals surface area (Å²) in [5, 5.41) is 9.44. The molecule has 0 bridgehead atoms. The van der Waals surface area contributed by atoms with Crippen LogP contribution in [-0.2, 0) is 4.74 Å². The van der Waals surface area contributed by atoms with Crippen molar-refractivity contribution in [3.8, 4) is 6.07 Å². The Balaban J connectivity index is 1.70. The van der Waals surface area contributed by atoms with Crippen LogP contribution in [-0.4, -0.2) is 55.3 Å². The van der Waals surface area contributed by atoms with Crippen molar-refractivity contribution < 1.29 is 4.74 Å². The summed E-state index contributed by atoms with van der Waals surface area (Å²) in [4.78, 5) is 9.48. The van der Waals surface area contributed by atoms with Crippen LogP contribution in [0.15, 0.2) is 6.07 Å². The molecule has 2 fully saturated rings. The van der Waals surface area contributed by atoms with Crippen LogP contribution in [0.3, 0.4) is 0 Å². The summed E-state index contributed by atoms with van der Waals surface area (Å²) in [5.74, 6) is 0.867. The van der Waals surface area contributed by atoms with Gasteiger partial charge < -0.3 is 9.64 Å². The number of hydrogen-bond donors (Lipinski definition) is 0. The second-order valence-corrected chi connectivity index (χ2v) is 6.26. The highest BCUT2D eigenvalue weighted by Crippen LogP contribution is 2.24. The fourth-order valence-corrected chi connectivity index (χ4v) is 3.53. The number of nitrogens with zero attached hydrogens (tertiary/aromatic N) is 4. The lowest BCUT2D eigenvalue weighted by Gasteiger charge is -2.41. The molecule has 0 N–H and O–H groups in total. The van der Waals surface area contributed by atoms with Crippen molar-refractivity contribution in [3.05, 3.63) is 22.9 Å². The smallest absolute Gasteiger partial charge is 0.147 e. The lowest BCUT2D eigenvalue weighted by molar-refractivity contribution is 0.0321. The molecule has 22 heavy (non-hydrogen) atoms. The van der Waals surface area contributed by atoms with E-state index in [-0.39, 0.29) is 0 Å². The summed E-state index contributed by atoms with van der Waals surface area (Å²) < 4.78 is 5.45. The van der Waals surface area contributed by atoms with E-state index in [0.717, 1.165) is 74.9 Å². The molecule has 0 aliphatic carbocycles. The van der Waals surface area contributed by atoms with E-state index in [1.165, 1.54) is 0 Å². The maximum atomic E-state index is 9.44. The Labute approximate surface area is 132 Å². The van der Waals surface area contributed by atoms with E-state index in [4.69, 9.17) is 4.74 Å². The number of aromatic nitrogens is 1. The molecule has 3 rings (SSSR count). The van der Waals surface area contributed by atoms with E-state index in [9.17, 15) is 5.26 Å². The molecule has 5 nitrogen and oxygen atoms in total. The van der Waals surface area contributed by atoms with Crippen LogP contribution >= 0.6 is 0 Å². The van der Waals surface area contributed by atoms with Crippen LogP contribution in [0.5, 0.6) is 0 Å². The first-order valence-corrected chi connectivity index (χ1v) is 8.14. The van der Waals surface area contributed by atoms with Gasteiger partial charge in [-0.3, -0.25) is 4.90 Å². The van der Waals surface area contributed by atoms with Gasteiger partial charge in [0.05, 0.1) is 5.56 Å². The molecular formula is C17H24N4O. The van der Waals surface area contributed by atoms with Gasteiger partial charge in [0.15, 0.2) is 0 Å². The zero-order valence-corrected chi connectivity index (χ0v) is 13.5. The molecule has 5 heteroatoms. The van der Waals surface area contributed by atoms with Crippen LogP contribution < -0.4 is 4.90 Å². The van der Waals surface area contributed by atoms with Gasteiger partial charge in [-0.25, -0.2) is 4.98 Å². The Hall–Kier alpha value is -1.64. The van der Waals surface area contributed by atoms with Crippen LogP contribution in [0.2, 0.25) is 0 Å². The summed E-state index contributed by atoms with van der Waals surface area (Å²) >= 11 is 0. The predicted molar refractivity (Wildman–Crippen MR) is 86.1 cm³/mol. The SMILES string of the molecule is Cc1cc(C)c(C#N)c(N2CCN(C3CCOCC3)CC2)n1. The third kappa shape index (κ3) is 3.08. The summed E-state index contributed by atoms with van der Waals surface area (Å²) in [7, 11) is 0. The van der Waals surface area contributed by atoms with E-state index in [1.54, 1.807) is 0 Å². The summed E-state index contributed by atoms with van der Waals surface area (Å²) in [6.45, 7) is 9.76. The van der Waals surface area contributed by atoms with Crippen LogP contribution in [0.1, 0.15) is 29.7 Å². The van der Waals surface area contributed by atoms with Crippen molar-refractivity contribution in [2.45, 2.75) is 32.7 Å². The summed E-state index contributed by atoms with van der Waals surface area (Å²) in [6, 6.07) is 4.98. The van der Waals surface area contributed by atoms with E-state index < -0.39 is 0 Å². The number of aryl methyl sites for hydroxylation is 2. The zero-order valence-electron chi connectivity index (χ0n) is 13.5. The number of ether oxygens (including phenoxy) is 1. The number of hydrogen-bond acceptors (Lipinski definition) is 5. The van der Waals surface area contributed by atoms with Crippen LogP contribution in [0.25, 0.3) is 0 Å². The fraction of sp³-hybridized carbons (Fsp3) is 0.647. The van der Waals surface area contributed by atoms with Crippen molar-refractivity contribution in [3.63, 3.8) is 0 Å². The molecule has 0 aromatic carbocycles. The molecule has 0 spiro atoms. The largest absolute Gasteiger partial charge is 0.381 e. The van der Waals surface area contributed by atoms with Crippen molar-refractivity contribution >= 4 is 5.82 Å². The molecule has 2 saturated heterocycles. The van der Waals surface area contributed by atoms with Gasteiger partial charge in [0, 0.05) is 51.1 Å². The van der Waals surface area contributed by atoms with E-state index in [1.807, 2.05) is 19.9 Å². The summed E-state index contributed by atoms with van der Waals surface area (Å²) in [5.41, 5.74) is 2.74. The Kier molecular flexibility index (Phi) is 4.60. The minimum absolute atomic E-state index is 0.665. The van der Waals surface area contributed by atoms with Gasteiger partial charge in [0.2, 0.25) is 0 Å². The fourth-order valence-electron chi connectivity index (χ4n) is 3.53. The topological polar surface area (TPSA) is 52.4 Å². The molecule has 0 saturated carbocycles. The highest BCUT2D eigenvalue weighted by molar-refractivity contribution is 5.58. The molecule has 0 unspecified atom stereocenters. The first kappa shape index (κ1) is 15.3. The highest BCUT2D eigenvalue weighted by atomic mass is 16.5.